The van der Waals surface area contributed by atoms with Gasteiger partial charge >= 0.3 is 5.97 Å². The third kappa shape index (κ3) is 8.62. The van der Waals surface area contributed by atoms with E-state index in [9.17, 15) is 14.4 Å². The fraction of sp³-hybridized carbons (Fsp3) is 0.679. The first-order valence-electron chi connectivity index (χ1n) is 11.9. The summed E-state index contributed by atoms with van der Waals surface area (Å²) in [5.74, 6) is -0.902. The van der Waals surface area contributed by atoms with Crippen molar-refractivity contribution in [3.8, 4) is 0 Å². The number of Topliss-reactive ketones (excluding diaryl/α,β-unsaturated/α-hetero) is 2. The number of carbonyl (C=O) groups is 3. The molecule has 34 heavy (non-hydrogen) atoms. The number of ketones is 2. The number of rotatable bonds is 11. The van der Waals surface area contributed by atoms with Crippen LogP contribution in [0.2, 0.25) is 0 Å². The van der Waals surface area contributed by atoms with Gasteiger partial charge in [-0.05, 0) is 47.1 Å². The van der Waals surface area contributed by atoms with Crippen LogP contribution in [0.5, 0.6) is 0 Å². The molecular formula is C28H44O6. The Labute approximate surface area is 205 Å². The van der Waals surface area contributed by atoms with Gasteiger partial charge in [0.1, 0.15) is 18.5 Å². The van der Waals surface area contributed by atoms with Crippen LogP contribution in [0.3, 0.4) is 0 Å². The third-order valence-corrected chi connectivity index (χ3v) is 6.15. The molecule has 1 aromatic carbocycles. The van der Waals surface area contributed by atoms with E-state index < -0.39 is 40.2 Å². The Hall–Kier alpha value is -2.05. The van der Waals surface area contributed by atoms with Crippen LogP contribution in [0.1, 0.15) is 88.1 Å². The second-order valence-electron chi connectivity index (χ2n) is 11.9. The first-order valence-corrected chi connectivity index (χ1v) is 11.9. The molecule has 0 aromatic heterocycles. The predicted octanol–water partition coefficient (Wildman–Crippen LogP) is 5.70. The Balaban J connectivity index is 3.13. The van der Waals surface area contributed by atoms with Gasteiger partial charge in [-0.3, -0.25) is 9.59 Å². The maximum Gasteiger partial charge on any atom is 0.336 e. The molecule has 0 heterocycles. The van der Waals surface area contributed by atoms with Gasteiger partial charge in [-0.15, -0.1) is 0 Å². The lowest BCUT2D eigenvalue weighted by Gasteiger charge is -2.43. The molecule has 0 radical (unpaired) electrons. The van der Waals surface area contributed by atoms with Crippen molar-refractivity contribution >= 4 is 17.5 Å². The topological polar surface area (TPSA) is 78.9 Å². The van der Waals surface area contributed by atoms with Crippen molar-refractivity contribution in [2.75, 3.05) is 0 Å². The molecule has 1 aromatic rings. The minimum atomic E-state index is -1.14. The maximum atomic E-state index is 13.3. The summed E-state index contributed by atoms with van der Waals surface area (Å²) in [6.45, 7) is 19.9. The summed E-state index contributed by atoms with van der Waals surface area (Å²) in [6, 6.07) is 9.31. The van der Waals surface area contributed by atoms with Crippen LogP contribution in [0.15, 0.2) is 30.3 Å². The summed E-state index contributed by atoms with van der Waals surface area (Å²) in [7, 11) is 0. The van der Waals surface area contributed by atoms with Crippen LogP contribution in [0.25, 0.3) is 0 Å². The Morgan fingerprint density at radius 3 is 1.82 bits per heavy atom. The minimum Gasteiger partial charge on any atom is -0.459 e. The second-order valence-corrected chi connectivity index (χ2v) is 11.9. The highest BCUT2D eigenvalue weighted by Gasteiger charge is 2.49. The summed E-state index contributed by atoms with van der Waals surface area (Å²) in [4.78, 5) is 39.2. The zero-order valence-corrected chi connectivity index (χ0v) is 22.9. The highest BCUT2D eigenvalue weighted by molar-refractivity contribution is 5.90. The van der Waals surface area contributed by atoms with Crippen molar-refractivity contribution in [2.24, 2.45) is 10.8 Å². The first-order chi connectivity index (χ1) is 15.3. The van der Waals surface area contributed by atoms with Crippen LogP contribution in [-0.2, 0) is 35.2 Å². The van der Waals surface area contributed by atoms with E-state index in [0.29, 0.717) is 0 Å². The Morgan fingerprint density at radius 2 is 1.35 bits per heavy atom. The second kappa shape index (κ2) is 11.1. The normalized spacial score (nSPS) is 14.9. The SMILES string of the molecule is CC(OC(C)(C)C)C(=O)C(C)(C)C(C)(C)OC(CC(=O)C(C)(C)C)C(=O)OCc1ccccc1. The summed E-state index contributed by atoms with van der Waals surface area (Å²) >= 11 is 0. The molecule has 2 unspecified atom stereocenters. The van der Waals surface area contributed by atoms with Crippen molar-refractivity contribution in [3.63, 3.8) is 0 Å². The minimum absolute atomic E-state index is 0.0719. The number of hydrogen-bond donors (Lipinski definition) is 0. The molecule has 1 rings (SSSR count). The molecule has 0 aliphatic carbocycles. The van der Waals surface area contributed by atoms with Gasteiger partial charge in [-0.25, -0.2) is 4.79 Å². The Bertz CT molecular complexity index is 840. The smallest absolute Gasteiger partial charge is 0.336 e. The number of carbonyl (C=O) groups excluding carboxylic acids is 3. The molecule has 0 spiro atoms. The zero-order chi connectivity index (χ0) is 26.5. The third-order valence-electron chi connectivity index (χ3n) is 6.15. The van der Waals surface area contributed by atoms with Gasteiger partial charge in [0, 0.05) is 11.8 Å². The van der Waals surface area contributed by atoms with Gasteiger partial charge in [0.05, 0.1) is 16.6 Å². The van der Waals surface area contributed by atoms with E-state index in [4.69, 9.17) is 14.2 Å². The van der Waals surface area contributed by atoms with E-state index in [-0.39, 0.29) is 24.6 Å². The molecular weight excluding hydrogens is 432 g/mol. The molecule has 0 amide bonds. The van der Waals surface area contributed by atoms with Gasteiger partial charge in [0.25, 0.3) is 0 Å². The van der Waals surface area contributed by atoms with Crippen LogP contribution in [-0.4, -0.2) is 40.9 Å². The van der Waals surface area contributed by atoms with Crippen LogP contribution >= 0.6 is 0 Å². The number of benzene rings is 1. The van der Waals surface area contributed by atoms with E-state index >= 15 is 0 Å². The zero-order valence-electron chi connectivity index (χ0n) is 22.9. The average molecular weight is 477 g/mol. The molecule has 2 atom stereocenters. The molecule has 0 fully saturated rings. The maximum absolute atomic E-state index is 13.3. The lowest BCUT2D eigenvalue weighted by atomic mass is 9.72. The lowest BCUT2D eigenvalue weighted by molar-refractivity contribution is -0.191. The van der Waals surface area contributed by atoms with Crippen molar-refractivity contribution in [3.05, 3.63) is 35.9 Å². The molecule has 192 valence electrons. The molecule has 0 bridgehead atoms. The van der Waals surface area contributed by atoms with Crippen molar-refractivity contribution < 1.29 is 28.6 Å². The van der Waals surface area contributed by atoms with Crippen LogP contribution in [0.4, 0.5) is 0 Å². The highest BCUT2D eigenvalue weighted by Crippen LogP contribution is 2.38. The molecule has 0 aliphatic heterocycles. The summed E-state index contributed by atoms with van der Waals surface area (Å²) in [5, 5.41) is 0. The van der Waals surface area contributed by atoms with Gasteiger partial charge < -0.3 is 14.2 Å². The van der Waals surface area contributed by atoms with Crippen molar-refractivity contribution in [1.29, 1.82) is 0 Å². The molecule has 6 heteroatoms. The van der Waals surface area contributed by atoms with Gasteiger partial charge in [-0.2, -0.15) is 0 Å². The quantitative estimate of drug-likeness (QED) is 0.381. The number of esters is 1. The largest absolute Gasteiger partial charge is 0.459 e. The molecule has 0 saturated carbocycles. The standard InChI is InChI=1S/C28H44O6/c1-19(33-26(5,6)7)23(30)27(8,9)28(10,11)34-21(17-22(29)25(2,3)4)24(31)32-18-20-15-13-12-14-16-20/h12-16,19,21H,17-18H2,1-11H3. The van der Waals surface area contributed by atoms with Crippen molar-refractivity contribution in [2.45, 2.75) is 113 Å². The van der Waals surface area contributed by atoms with Crippen LogP contribution in [0, 0.1) is 10.8 Å². The molecule has 0 N–H and O–H groups in total. The van der Waals surface area contributed by atoms with Crippen molar-refractivity contribution in [1.82, 2.24) is 0 Å². The summed E-state index contributed by atoms with van der Waals surface area (Å²) < 4.78 is 17.6. The van der Waals surface area contributed by atoms with Gasteiger partial charge in [-0.1, -0.05) is 65.0 Å². The Morgan fingerprint density at radius 1 is 0.824 bits per heavy atom. The average Bonchev–Trinajstić information content (AvgIpc) is 2.69. The van der Waals surface area contributed by atoms with E-state index in [1.807, 2.05) is 51.1 Å². The monoisotopic (exact) mass is 476 g/mol. The van der Waals surface area contributed by atoms with E-state index in [0.717, 1.165) is 5.56 Å². The van der Waals surface area contributed by atoms with Gasteiger partial charge in [0.15, 0.2) is 11.9 Å². The lowest BCUT2D eigenvalue weighted by Crippen LogP contribution is -2.54. The predicted molar refractivity (Wildman–Crippen MR) is 133 cm³/mol. The fourth-order valence-electron chi connectivity index (χ4n) is 3.36. The first kappa shape index (κ1) is 30.0. The van der Waals surface area contributed by atoms with Crippen LogP contribution < -0.4 is 0 Å². The van der Waals surface area contributed by atoms with E-state index in [1.165, 1.54) is 0 Å². The molecule has 0 aliphatic rings. The van der Waals surface area contributed by atoms with E-state index in [2.05, 4.69) is 0 Å². The summed E-state index contributed by atoms with van der Waals surface area (Å²) in [5.41, 5.74) is -2.40. The molecule has 6 nitrogen and oxygen atoms in total. The van der Waals surface area contributed by atoms with E-state index in [1.54, 1.807) is 55.4 Å². The number of ether oxygens (including phenoxy) is 3. The number of hydrogen-bond acceptors (Lipinski definition) is 6. The van der Waals surface area contributed by atoms with Gasteiger partial charge in [0.2, 0.25) is 0 Å². The summed E-state index contributed by atoms with van der Waals surface area (Å²) in [6.07, 6.45) is -1.95. The fourth-order valence-corrected chi connectivity index (χ4v) is 3.36. The Kier molecular flexibility index (Phi) is 9.81. The molecule has 0 saturated heterocycles. The highest BCUT2D eigenvalue weighted by atomic mass is 16.6.